The number of hydrogen-bond acceptors (Lipinski definition) is 2. The third-order valence-corrected chi connectivity index (χ3v) is 2.61. The molecule has 0 amide bonds. The molecule has 2 nitrogen and oxygen atoms in total. The Bertz CT molecular complexity index is 241. The van der Waals surface area contributed by atoms with E-state index < -0.39 is 0 Å². The Labute approximate surface area is 79.0 Å². The maximum atomic E-state index is 11.0. The van der Waals surface area contributed by atoms with Gasteiger partial charge in [0.15, 0.2) is 5.78 Å². The van der Waals surface area contributed by atoms with Crippen LogP contribution in [-0.4, -0.2) is 11.6 Å². The molecule has 0 N–H and O–H groups in total. The summed E-state index contributed by atoms with van der Waals surface area (Å²) in [5.74, 6) is 0.655. The molecule has 13 heavy (non-hydrogen) atoms. The van der Waals surface area contributed by atoms with Gasteiger partial charge in [-0.25, -0.2) is 0 Å². The third-order valence-electron chi connectivity index (χ3n) is 2.61. The van der Waals surface area contributed by atoms with Crippen molar-refractivity contribution in [1.29, 1.82) is 0 Å². The molecule has 1 rings (SSSR count). The van der Waals surface area contributed by atoms with Crippen molar-refractivity contribution in [3.8, 4) is 0 Å². The summed E-state index contributed by atoms with van der Waals surface area (Å²) in [6.45, 7) is 3.23. The fourth-order valence-corrected chi connectivity index (χ4v) is 1.83. The lowest BCUT2D eigenvalue weighted by Gasteiger charge is -2.21. The van der Waals surface area contributed by atoms with Crippen LogP contribution >= 0.6 is 0 Å². The number of carbonyl (C=O) groups excluding carboxylic acids is 2. The zero-order valence-corrected chi connectivity index (χ0v) is 8.30. The number of allylic oxidation sites excluding steroid dienone is 2. The average Bonchev–Trinajstić information content (AvgIpc) is 2.04. The lowest BCUT2D eigenvalue weighted by molar-refractivity contribution is -0.121. The highest BCUT2D eigenvalue weighted by atomic mass is 16.1. The van der Waals surface area contributed by atoms with Crippen molar-refractivity contribution in [2.45, 2.75) is 39.5 Å². The summed E-state index contributed by atoms with van der Waals surface area (Å²) >= 11 is 0. The van der Waals surface area contributed by atoms with Gasteiger partial charge < -0.3 is 0 Å². The van der Waals surface area contributed by atoms with Gasteiger partial charge in [0, 0.05) is 5.92 Å². The van der Waals surface area contributed by atoms with Crippen LogP contribution in [0, 0.1) is 5.92 Å². The fourth-order valence-electron chi connectivity index (χ4n) is 1.83. The molecular weight excluding hydrogens is 164 g/mol. The van der Waals surface area contributed by atoms with Crippen LogP contribution < -0.4 is 0 Å². The smallest absolute Gasteiger partial charge is 0.152 e. The van der Waals surface area contributed by atoms with Crippen molar-refractivity contribution in [3.63, 3.8) is 0 Å². The van der Waals surface area contributed by atoms with Crippen molar-refractivity contribution in [1.82, 2.24) is 0 Å². The molecule has 0 atom stereocenters. The molecule has 1 fully saturated rings. The largest absolute Gasteiger partial charge is 0.300 e. The van der Waals surface area contributed by atoms with E-state index in [4.69, 9.17) is 0 Å². The maximum absolute atomic E-state index is 11.0. The van der Waals surface area contributed by atoms with E-state index in [2.05, 4.69) is 0 Å². The number of Topliss-reactive ketones (excluding diaryl/α,β-unsaturated/α-hetero) is 1. The Morgan fingerprint density at radius 3 is 2.15 bits per heavy atom. The van der Waals surface area contributed by atoms with E-state index in [-0.39, 0.29) is 11.7 Å². The van der Waals surface area contributed by atoms with Gasteiger partial charge in [-0.05, 0) is 45.6 Å². The van der Waals surface area contributed by atoms with Crippen molar-refractivity contribution in [3.05, 3.63) is 11.6 Å². The summed E-state index contributed by atoms with van der Waals surface area (Å²) in [5.41, 5.74) is 1.21. The summed E-state index contributed by atoms with van der Waals surface area (Å²) in [6, 6.07) is 0. The molecule has 0 bridgehead atoms. The topological polar surface area (TPSA) is 34.1 Å². The summed E-state index contributed by atoms with van der Waals surface area (Å²) in [5, 5.41) is 0. The molecule has 0 heterocycles. The van der Waals surface area contributed by atoms with Gasteiger partial charge in [-0.1, -0.05) is 5.57 Å². The van der Waals surface area contributed by atoms with Gasteiger partial charge in [-0.3, -0.25) is 9.59 Å². The van der Waals surface area contributed by atoms with Crippen LogP contribution in [-0.2, 0) is 9.59 Å². The molecular formula is C11H16O2. The molecule has 0 unspecified atom stereocenters. The van der Waals surface area contributed by atoms with Crippen LogP contribution in [0.25, 0.3) is 0 Å². The van der Waals surface area contributed by atoms with E-state index in [1.807, 2.05) is 0 Å². The van der Waals surface area contributed by atoms with Crippen molar-refractivity contribution in [2.24, 2.45) is 5.92 Å². The van der Waals surface area contributed by atoms with Crippen LogP contribution in [0.2, 0.25) is 0 Å². The molecule has 0 spiro atoms. The van der Waals surface area contributed by atoms with Gasteiger partial charge in [0.2, 0.25) is 0 Å². The van der Waals surface area contributed by atoms with E-state index in [0.29, 0.717) is 5.78 Å². The van der Waals surface area contributed by atoms with E-state index in [1.165, 1.54) is 5.57 Å². The molecule has 1 aliphatic rings. The molecule has 0 radical (unpaired) electrons. The molecule has 0 aliphatic heterocycles. The fraction of sp³-hybridized carbons (Fsp3) is 0.636. The first kappa shape index (κ1) is 10.2. The quantitative estimate of drug-likeness (QED) is 0.611. The van der Waals surface area contributed by atoms with Gasteiger partial charge in [0.25, 0.3) is 0 Å². The second-order valence-corrected chi connectivity index (χ2v) is 3.80. The number of hydrogen-bond donors (Lipinski definition) is 0. The lowest BCUT2D eigenvalue weighted by Crippen LogP contribution is -2.15. The Kier molecular flexibility index (Phi) is 3.40. The molecule has 0 aromatic heterocycles. The van der Waals surface area contributed by atoms with Gasteiger partial charge in [0.05, 0.1) is 0 Å². The molecule has 1 saturated carbocycles. The van der Waals surface area contributed by atoms with Crippen molar-refractivity contribution >= 4 is 11.6 Å². The normalized spacial score (nSPS) is 22.6. The molecule has 72 valence electrons. The Balaban J connectivity index is 2.48. The van der Waals surface area contributed by atoms with Crippen LogP contribution in [0.3, 0.4) is 0 Å². The minimum absolute atomic E-state index is 0.122. The average molecular weight is 180 g/mol. The standard InChI is InChI=1S/C11H16O2/c1-8(12)7-10-3-5-11(6-4-10)9(2)13/h7,11H,3-6H2,1-2H3. The van der Waals surface area contributed by atoms with E-state index >= 15 is 0 Å². The number of ketones is 2. The summed E-state index contributed by atoms with van der Waals surface area (Å²) in [7, 11) is 0. The first-order valence-corrected chi connectivity index (χ1v) is 4.80. The highest BCUT2D eigenvalue weighted by Gasteiger charge is 2.19. The highest BCUT2D eigenvalue weighted by molar-refractivity contribution is 5.88. The Morgan fingerprint density at radius 1 is 1.23 bits per heavy atom. The lowest BCUT2D eigenvalue weighted by atomic mass is 9.83. The first-order valence-electron chi connectivity index (χ1n) is 4.80. The van der Waals surface area contributed by atoms with Gasteiger partial charge >= 0.3 is 0 Å². The zero-order chi connectivity index (χ0) is 9.84. The Morgan fingerprint density at radius 2 is 1.77 bits per heavy atom. The summed E-state index contributed by atoms with van der Waals surface area (Å²) < 4.78 is 0. The molecule has 0 saturated heterocycles. The van der Waals surface area contributed by atoms with Crippen LogP contribution in [0.1, 0.15) is 39.5 Å². The van der Waals surface area contributed by atoms with Crippen LogP contribution in [0.15, 0.2) is 11.6 Å². The summed E-state index contributed by atoms with van der Waals surface area (Å²) in [6.07, 6.45) is 5.41. The third kappa shape index (κ3) is 3.13. The minimum atomic E-state index is 0.122. The van der Waals surface area contributed by atoms with Crippen LogP contribution in [0.5, 0.6) is 0 Å². The molecule has 0 aromatic carbocycles. The SMILES string of the molecule is CC(=O)C=C1CCC(C(C)=O)CC1. The highest BCUT2D eigenvalue weighted by Crippen LogP contribution is 2.28. The zero-order valence-electron chi connectivity index (χ0n) is 8.30. The summed E-state index contributed by atoms with van der Waals surface area (Å²) in [4.78, 5) is 21.8. The predicted molar refractivity (Wildman–Crippen MR) is 51.4 cm³/mol. The second kappa shape index (κ2) is 4.35. The van der Waals surface area contributed by atoms with Gasteiger partial charge in [-0.2, -0.15) is 0 Å². The van der Waals surface area contributed by atoms with E-state index in [9.17, 15) is 9.59 Å². The molecule has 1 aliphatic carbocycles. The van der Waals surface area contributed by atoms with Crippen LogP contribution in [0.4, 0.5) is 0 Å². The number of carbonyl (C=O) groups is 2. The monoisotopic (exact) mass is 180 g/mol. The Hall–Kier alpha value is -0.920. The van der Waals surface area contributed by atoms with Crippen molar-refractivity contribution < 1.29 is 9.59 Å². The van der Waals surface area contributed by atoms with E-state index in [0.717, 1.165) is 25.7 Å². The molecule has 0 aromatic rings. The van der Waals surface area contributed by atoms with E-state index in [1.54, 1.807) is 19.9 Å². The van der Waals surface area contributed by atoms with Gasteiger partial charge in [-0.15, -0.1) is 0 Å². The van der Waals surface area contributed by atoms with Gasteiger partial charge in [0.1, 0.15) is 5.78 Å². The van der Waals surface area contributed by atoms with Crippen molar-refractivity contribution in [2.75, 3.05) is 0 Å². The number of rotatable bonds is 2. The maximum Gasteiger partial charge on any atom is 0.152 e. The second-order valence-electron chi connectivity index (χ2n) is 3.80. The first-order chi connectivity index (χ1) is 6.09. The minimum Gasteiger partial charge on any atom is -0.300 e. The molecule has 2 heteroatoms. The predicted octanol–water partition coefficient (Wildman–Crippen LogP) is 2.28.